The zero-order valence-corrected chi connectivity index (χ0v) is 15.9. The molecule has 0 unspecified atom stereocenters. The van der Waals surface area contributed by atoms with Crippen molar-refractivity contribution in [3.05, 3.63) is 69.0 Å². The minimum atomic E-state index is -0.0346. The van der Waals surface area contributed by atoms with Crippen molar-refractivity contribution in [2.24, 2.45) is 4.99 Å². The fourth-order valence-electron chi connectivity index (χ4n) is 2.38. The van der Waals surface area contributed by atoms with E-state index in [4.69, 9.17) is 23.2 Å². The fraction of sp³-hybridized carbons (Fsp3) is 0.158. The van der Waals surface area contributed by atoms with E-state index in [1.165, 1.54) is 11.8 Å². The molecule has 128 valence electrons. The Hall–Kier alpha value is -1.75. The maximum atomic E-state index is 12.7. The lowest BCUT2D eigenvalue weighted by Crippen LogP contribution is -2.29. The number of halogens is 2. The van der Waals surface area contributed by atoms with E-state index in [0.29, 0.717) is 26.7 Å². The normalized spacial score (nSPS) is 17.7. The van der Waals surface area contributed by atoms with Crippen molar-refractivity contribution in [2.75, 3.05) is 6.54 Å². The molecule has 1 saturated heterocycles. The lowest BCUT2D eigenvalue weighted by atomic mass is 10.2. The predicted molar refractivity (Wildman–Crippen MR) is 108 cm³/mol. The predicted octanol–water partition coefficient (Wildman–Crippen LogP) is 6.01. The van der Waals surface area contributed by atoms with Gasteiger partial charge in [0.05, 0.1) is 20.6 Å². The van der Waals surface area contributed by atoms with Gasteiger partial charge in [-0.25, -0.2) is 4.99 Å². The van der Waals surface area contributed by atoms with E-state index in [1.54, 1.807) is 17.0 Å². The minimum absolute atomic E-state index is 0.0346. The highest BCUT2D eigenvalue weighted by molar-refractivity contribution is 8.18. The quantitative estimate of drug-likeness (QED) is 0.598. The largest absolute Gasteiger partial charge is 0.286 e. The van der Waals surface area contributed by atoms with Gasteiger partial charge in [-0.1, -0.05) is 54.4 Å². The molecule has 1 amide bonds. The lowest BCUT2D eigenvalue weighted by molar-refractivity contribution is -0.122. The molecule has 1 aliphatic rings. The molecule has 1 heterocycles. The first-order valence-electron chi connectivity index (χ1n) is 7.88. The Kier molecular flexibility index (Phi) is 5.84. The summed E-state index contributed by atoms with van der Waals surface area (Å²) in [5.41, 5.74) is 1.66. The molecule has 1 aliphatic heterocycles. The molecule has 2 aromatic rings. The van der Waals surface area contributed by atoms with Crippen molar-refractivity contribution in [1.82, 2.24) is 4.90 Å². The molecule has 6 heteroatoms. The first-order valence-corrected chi connectivity index (χ1v) is 9.46. The molecule has 2 aromatic carbocycles. The van der Waals surface area contributed by atoms with E-state index < -0.39 is 0 Å². The van der Waals surface area contributed by atoms with Crippen LogP contribution in [0.3, 0.4) is 0 Å². The highest BCUT2D eigenvalue weighted by atomic mass is 35.5. The first kappa shape index (κ1) is 18.1. The lowest BCUT2D eigenvalue weighted by Gasteiger charge is -2.13. The summed E-state index contributed by atoms with van der Waals surface area (Å²) in [6, 6.07) is 15.0. The van der Waals surface area contributed by atoms with Crippen molar-refractivity contribution in [3.63, 3.8) is 0 Å². The smallest absolute Gasteiger partial charge is 0.266 e. The Bertz CT molecular complexity index is 850. The molecule has 25 heavy (non-hydrogen) atoms. The van der Waals surface area contributed by atoms with Crippen molar-refractivity contribution in [2.45, 2.75) is 13.3 Å². The van der Waals surface area contributed by atoms with Crippen LogP contribution in [0.5, 0.6) is 0 Å². The third kappa shape index (κ3) is 4.27. The van der Waals surface area contributed by atoms with E-state index in [9.17, 15) is 4.79 Å². The van der Waals surface area contributed by atoms with Gasteiger partial charge >= 0.3 is 0 Å². The van der Waals surface area contributed by atoms with E-state index in [2.05, 4.69) is 4.99 Å². The molecule has 0 bridgehead atoms. The molecule has 0 radical (unpaired) electrons. The number of hydrogen-bond donors (Lipinski definition) is 0. The SMILES string of the molecule is CCCN1C(=O)/C(=C\c2ccc(Cl)c(Cl)c2)SC1=Nc1ccccc1. The van der Waals surface area contributed by atoms with Gasteiger partial charge in [0.1, 0.15) is 0 Å². The third-order valence-electron chi connectivity index (χ3n) is 3.56. The highest BCUT2D eigenvalue weighted by Gasteiger charge is 2.32. The van der Waals surface area contributed by atoms with Gasteiger partial charge in [0.15, 0.2) is 5.17 Å². The number of aliphatic imine (C=N–C) groups is 1. The summed E-state index contributed by atoms with van der Waals surface area (Å²) in [5, 5.41) is 1.66. The van der Waals surface area contributed by atoms with Gasteiger partial charge in [-0.05, 0) is 54.1 Å². The summed E-state index contributed by atoms with van der Waals surface area (Å²) < 4.78 is 0. The second-order valence-corrected chi connectivity index (χ2v) is 7.29. The van der Waals surface area contributed by atoms with Crippen LogP contribution in [0.2, 0.25) is 10.0 Å². The molecule has 1 fully saturated rings. The number of amides is 1. The van der Waals surface area contributed by atoms with Crippen LogP contribution in [-0.4, -0.2) is 22.5 Å². The molecule has 0 spiro atoms. The monoisotopic (exact) mass is 390 g/mol. The molecular weight excluding hydrogens is 375 g/mol. The van der Waals surface area contributed by atoms with Gasteiger partial charge in [-0.2, -0.15) is 0 Å². The Balaban J connectivity index is 1.94. The second kappa shape index (κ2) is 8.09. The number of nitrogens with zero attached hydrogens (tertiary/aromatic N) is 2. The fourth-order valence-corrected chi connectivity index (χ4v) is 3.71. The topological polar surface area (TPSA) is 32.7 Å². The molecular formula is C19H16Cl2N2OS. The Morgan fingerprint density at radius 3 is 2.56 bits per heavy atom. The molecule has 0 saturated carbocycles. The van der Waals surface area contributed by atoms with Crippen LogP contribution in [0.1, 0.15) is 18.9 Å². The maximum absolute atomic E-state index is 12.7. The summed E-state index contributed by atoms with van der Waals surface area (Å²) in [5.74, 6) is -0.0346. The van der Waals surface area contributed by atoms with Gasteiger partial charge in [-0.3, -0.25) is 9.69 Å². The molecule has 3 rings (SSSR count). The summed E-state index contributed by atoms with van der Waals surface area (Å²) in [4.78, 5) is 19.7. The second-order valence-electron chi connectivity index (χ2n) is 5.47. The summed E-state index contributed by atoms with van der Waals surface area (Å²) in [6.45, 7) is 2.68. The number of amidine groups is 1. The van der Waals surface area contributed by atoms with Crippen LogP contribution in [0.25, 0.3) is 6.08 Å². The van der Waals surface area contributed by atoms with Crippen molar-refractivity contribution in [3.8, 4) is 0 Å². The van der Waals surface area contributed by atoms with Gasteiger partial charge < -0.3 is 0 Å². The average molecular weight is 391 g/mol. The number of benzene rings is 2. The van der Waals surface area contributed by atoms with Crippen molar-refractivity contribution < 1.29 is 4.79 Å². The summed E-state index contributed by atoms with van der Waals surface area (Å²) in [7, 11) is 0. The van der Waals surface area contributed by atoms with Gasteiger partial charge in [0.25, 0.3) is 5.91 Å². The van der Waals surface area contributed by atoms with Crippen LogP contribution in [-0.2, 0) is 4.79 Å². The number of hydrogen-bond acceptors (Lipinski definition) is 3. The van der Waals surface area contributed by atoms with Crippen LogP contribution < -0.4 is 0 Å². The molecule has 0 aliphatic carbocycles. The number of thioether (sulfide) groups is 1. The van der Waals surface area contributed by atoms with Crippen LogP contribution in [0.15, 0.2) is 58.4 Å². The minimum Gasteiger partial charge on any atom is -0.286 e. The van der Waals surface area contributed by atoms with Gasteiger partial charge in [0, 0.05) is 6.54 Å². The zero-order valence-electron chi connectivity index (χ0n) is 13.6. The maximum Gasteiger partial charge on any atom is 0.266 e. The molecule has 3 nitrogen and oxygen atoms in total. The summed E-state index contributed by atoms with van der Waals surface area (Å²) >= 11 is 13.4. The van der Waals surface area contributed by atoms with Crippen LogP contribution in [0, 0.1) is 0 Å². The Morgan fingerprint density at radius 2 is 1.88 bits per heavy atom. The molecule has 0 N–H and O–H groups in total. The van der Waals surface area contributed by atoms with E-state index >= 15 is 0 Å². The Morgan fingerprint density at radius 1 is 1.12 bits per heavy atom. The van der Waals surface area contributed by atoms with Crippen molar-refractivity contribution >= 4 is 57.8 Å². The van der Waals surface area contributed by atoms with Gasteiger partial charge in [0.2, 0.25) is 0 Å². The number of para-hydroxylation sites is 1. The van der Waals surface area contributed by atoms with Crippen LogP contribution in [0.4, 0.5) is 5.69 Å². The molecule has 0 aromatic heterocycles. The molecule has 0 atom stereocenters. The Labute approximate surface area is 161 Å². The number of rotatable bonds is 4. The van der Waals surface area contributed by atoms with E-state index in [-0.39, 0.29) is 5.91 Å². The highest BCUT2D eigenvalue weighted by Crippen LogP contribution is 2.35. The van der Waals surface area contributed by atoms with Gasteiger partial charge in [-0.15, -0.1) is 0 Å². The number of carbonyl (C=O) groups is 1. The summed E-state index contributed by atoms with van der Waals surface area (Å²) in [6.07, 6.45) is 2.69. The number of carbonyl (C=O) groups excluding carboxylic acids is 1. The zero-order chi connectivity index (χ0) is 17.8. The standard InChI is InChI=1S/C19H16Cl2N2OS/c1-2-10-23-18(24)17(12-13-8-9-15(20)16(21)11-13)25-19(23)22-14-6-4-3-5-7-14/h3-9,11-12H,2,10H2,1H3/b17-12+,22-19?. The van der Waals surface area contributed by atoms with Crippen molar-refractivity contribution in [1.29, 1.82) is 0 Å². The average Bonchev–Trinajstić information content (AvgIpc) is 2.88. The van der Waals surface area contributed by atoms with E-state index in [1.807, 2.05) is 49.4 Å². The van der Waals surface area contributed by atoms with E-state index in [0.717, 1.165) is 17.7 Å². The third-order valence-corrected chi connectivity index (χ3v) is 5.30. The first-order chi connectivity index (χ1) is 12.1. The van der Waals surface area contributed by atoms with Crippen LogP contribution >= 0.6 is 35.0 Å².